The molecule has 1 amide bonds. The summed E-state index contributed by atoms with van der Waals surface area (Å²) in [5, 5.41) is 0. The monoisotopic (exact) mass is 504 g/mol. The summed E-state index contributed by atoms with van der Waals surface area (Å²) in [7, 11) is 1.61. The summed E-state index contributed by atoms with van der Waals surface area (Å²) in [4.78, 5) is 19.9. The Bertz CT molecular complexity index is 928. The predicted octanol–water partition coefficient (Wildman–Crippen LogP) is 4.96. The van der Waals surface area contributed by atoms with Gasteiger partial charge in [0.15, 0.2) is 11.5 Å². The molecule has 0 saturated carbocycles. The number of benzene rings is 2. The summed E-state index contributed by atoms with van der Waals surface area (Å²) >= 11 is 2.39. The van der Waals surface area contributed by atoms with E-state index in [2.05, 4.69) is 39.7 Å². The third-order valence-corrected chi connectivity index (χ3v) is 6.25. The molecule has 152 valence electrons. The Morgan fingerprint density at radius 3 is 2.76 bits per heavy atom. The SMILES string of the molecule is COc1cc2c(cc1OCCCCCI)N=C[C@@H]1Cc3ccccc3CN1C2=O. The average Bonchev–Trinajstić information content (AvgIpc) is 2.88. The fourth-order valence-electron chi connectivity index (χ4n) is 3.88. The van der Waals surface area contributed by atoms with Crippen LogP contribution >= 0.6 is 22.6 Å². The second kappa shape index (κ2) is 9.15. The van der Waals surface area contributed by atoms with E-state index in [4.69, 9.17) is 9.47 Å². The lowest BCUT2D eigenvalue weighted by atomic mass is 9.94. The first-order chi connectivity index (χ1) is 14.2. The topological polar surface area (TPSA) is 51.1 Å². The summed E-state index contributed by atoms with van der Waals surface area (Å²) in [5.41, 5.74) is 3.70. The molecular formula is C23H25IN2O3. The number of hydrogen-bond acceptors (Lipinski definition) is 4. The molecule has 2 aromatic rings. The van der Waals surface area contributed by atoms with Gasteiger partial charge in [-0.15, -0.1) is 0 Å². The van der Waals surface area contributed by atoms with Crippen molar-refractivity contribution in [1.82, 2.24) is 4.90 Å². The lowest BCUT2D eigenvalue weighted by Gasteiger charge is -2.34. The van der Waals surface area contributed by atoms with E-state index in [0.717, 1.165) is 23.7 Å². The molecule has 0 saturated heterocycles. The van der Waals surface area contributed by atoms with Crippen molar-refractivity contribution in [2.24, 2.45) is 4.99 Å². The smallest absolute Gasteiger partial charge is 0.257 e. The minimum atomic E-state index is -0.0339. The fourth-order valence-corrected chi connectivity index (χ4v) is 4.42. The van der Waals surface area contributed by atoms with E-state index >= 15 is 0 Å². The van der Waals surface area contributed by atoms with Crippen LogP contribution in [0.5, 0.6) is 11.5 Å². The van der Waals surface area contributed by atoms with Crippen LogP contribution in [0.2, 0.25) is 0 Å². The summed E-state index contributed by atoms with van der Waals surface area (Å²) in [5.74, 6) is 1.22. The third kappa shape index (κ3) is 4.27. The molecule has 2 heterocycles. The van der Waals surface area contributed by atoms with Gasteiger partial charge in [-0.25, -0.2) is 0 Å². The number of methoxy groups -OCH3 is 1. The Balaban J connectivity index is 1.59. The lowest BCUT2D eigenvalue weighted by molar-refractivity contribution is 0.0703. The molecule has 4 rings (SSSR count). The van der Waals surface area contributed by atoms with Crippen molar-refractivity contribution in [3.8, 4) is 11.5 Å². The second-order valence-electron chi connectivity index (χ2n) is 7.37. The largest absolute Gasteiger partial charge is 0.493 e. The van der Waals surface area contributed by atoms with E-state index in [0.29, 0.717) is 35.9 Å². The molecule has 0 aromatic heterocycles. The van der Waals surface area contributed by atoms with Gasteiger partial charge < -0.3 is 14.4 Å². The van der Waals surface area contributed by atoms with Gasteiger partial charge in [0, 0.05) is 18.8 Å². The van der Waals surface area contributed by atoms with Gasteiger partial charge in [-0.1, -0.05) is 46.9 Å². The predicted molar refractivity (Wildman–Crippen MR) is 123 cm³/mol. The van der Waals surface area contributed by atoms with Gasteiger partial charge in [-0.2, -0.15) is 0 Å². The molecule has 2 aliphatic heterocycles. The number of carbonyl (C=O) groups is 1. The normalized spacial score (nSPS) is 17.2. The number of unbranched alkanes of at least 4 members (excludes halogenated alkanes) is 2. The Kier molecular flexibility index (Phi) is 6.37. The van der Waals surface area contributed by atoms with Crippen LogP contribution in [-0.4, -0.2) is 41.2 Å². The zero-order valence-corrected chi connectivity index (χ0v) is 18.7. The zero-order valence-electron chi connectivity index (χ0n) is 16.6. The van der Waals surface area contributed by atoms with Crippen LogP contribution in [0.4, 0.5) is 5.69 Å². The van der Waals surface area contributed by atoms with Crippen molar-refractivity contribution in [2.75, 3.05) is 18.1 Å². The van der Waals surface area contributed by atoms with E-state index in [9.17, 15) is 4.79 Å². The van der Waals surface area contributed by atoms with Gasteiger partial charge in [0.2, 0.25) is 0 Å². The maximum Gasteiger partial charge on any atom is 0.257 e. The van der Waals surface area contributed by atoms with Crippen LogP contribution in [0.25, 0.3) is 0 Å². The first kappa shape index (κ1) is 20.2. The number of ether oxygens (including phenoxy) is 2. The molecule has 29 heavy (non-hydrogen) atoms. The number of nitrogens with zero attached hydrogens (tertiary/aromatic N) is 2. The van der Waals surface area contributed by atoms with Crippen LogP contribution in [0.3, 0.4) is 0 Å². The summed E-state index contributed by atoms with van der Waals surface area (Å²) in [6.45, 7) is 1.23. The molecule has 0 bridgehead atoms. The molecule has 0 N–H and O–H groups in total. The van der Waals surface area contributed by atoms with Crippen molar-refractivity contribution in [2.45, 2.75) is 38.3 Å². The number of hydrogen-bond donors (Lipinski definition) is 0. The van der Waals surface area contributed by atoms with Gasteiger partial charge in [0.05, 0.1) is 31.0 Å². The molecule has 6 heteroatoms. The van der Waals surface area contributed by atoms with E-state index in [1.165, 1.54) is 17.5 Å². The Morgan fingerprint density at radius 2 is 1.97 bits per heavy atom. The standard InChI is InChI=1S/C23H25IN2O3/c1-28-21-12-19-20(13-22(21)29-10-6-2-5-9-24)25-14-18-11-16-7-3-4-8-17(16)15-26(18)23(19)27/h3-4,7-8,12-14,18H,2,5-6,9-11,15H2,1H3/t18-/m0/s1. The number of halogens is 1. The number of aliphatic imine (C=N–C) groups is 1. The molecular weight excluding hydrogens is 479 g/mol. The highest BCUT2D eigenvalue weighted by Gasteiger charge is 2.33. The highest BCUT2D eigenvalue weighted by atomic mass is 127. The maximum absolute atomic E-state index is 13.3. The summed E-state index contributed by atoms with van der Waals surface area (Å²) in [6.07, 6.45) is 6.03. The highest BCUT2D eigenvalue weighted by Crippen LogP contribution is 2.38. The summed E-state index contributed by atoms with van der Waals surface area (Å²) < 4.78 is 12.6. The Hall–Kier alpha value is -2.09. The van der Waals surface area contributed by atoms with Gasteiger partial charge in [0.1, 0.15) is 0 Å². The van der Waals surface area contributed by atoms with Crippen LogP contribution in [0.1, 0.15) is 40.7 Å². The van der Waals surface area contributed by atoms with Crippen molar-refractivity contribution < 1.29 is 14.3 Å². The lowest BCUT2D eigenvalue weighted by Crippen LogP contribution is -2.44. The molecule has 2 aromatic carbocycles. The van der Waals surface area contributed by atoms with E-state index in [1.807, 2.05) is 29.3 Å². The van der Waals surface area contributed by atoms with Crippen LogP contribution in [-0.2, 0) is 13.0 Å². The Labute approximate surface area is 185 Å². The molecule has 0 fully saturated rings. The quantitative estimate of drug-likeness (QED) is 0.304. The van der Waals surface area contributed by atoms with Crippen molar-refractivity contribution in [3.05, 3.63) is 53.1 Å². The number of alkyl halides is 1. The first-order valence-electron chi connectivity index (χ1n) is 10.0. The van der Waals surface area contributed by atoms with Gasteiger partial charge >= 0.3 is 0 Å². The van der Waals surface area contributed by atoms with Crippen molar-refractivity contribution in [3.63, 3.8) is 0 Å². The molecule has 2 aliphatic rings. The Morgan fingerprint density at radius 1 is 1.14 bits per heavy atom. The minimum absolute atomic E-state index is 0.0103. The molecule has 0 unspecified atom stereocenters. The first-order valence-corrected chi connectivity index (χ1v) is 11.6. The van der Waals surface area contributed by atoms with Crippen LogP contribution < -0.4 is 9.47 Å². The molecule has 1 atom stereocenters. The van der Waals surface area contributed by atoms with E-state index < -0.39 is 0 Å². The van der Waals surface area contributed by atoms with Gasteiger partial charge in [-0.3, -0.25) is 9.79 Å². The number of carbonyl (C=O) groups excluding carboxylic acids is 1. The third-order valence-electron chi connectivity index (χ3n) is 5.48. The molecule has 0 radical (unpaired) electrons. The molecule has 0 aliphatic carbocycles. The van der Waals surface area contributed by atoms with Gasteiger partial charge in [-0.05, 0) is 47.3 Å². The zero-order chi connectivity index (χ0) is 20.2. The molecule has 5 nitrogen and oxygen atoms in total. The van der Waals surface area contributed by atoms with Crippen LogP contribution in [0.15, 0.2) is 41.4 Å². The van der Waals surface area contributed by atoms with Crippen molar-refractivity contribution in [1.29, 1.82) is 0 Å². The number of fused-ring (bicyclic) bond motifs is 3. The second-order valence-corrected chi connectivity index (χ2v) is 8.45. The van der Waals surface area contributed by atoms with Crippen molar-refractivity contribution >= 4 is 40.4 Å². The minimum Gasteiger partial charge on any atom is -0.493 e. The molecule has 0 spiro atoms. The van der Waals surface area contributed by atoms with E-state index in [-0.39, 0.29) is 11.9 Å². The summed E-state index contributed by atoms with van der Waals surface area (Å²) in [6, 6.07) is 11.9. The number of rotatable bonds is 7. The maximum atomic E-state index is 13.3. The van der Waals surface area contributed by atoms with E-state index in [1.54, 1.807) is 13.2 Å². The fraction of sp³-hybridized carbons (Fsp3) is 0.391. The van der Waals surface area contributed by atoms with Gasteiger partial charge in [0.25, 0.3) is 5.91 Å². The number of amides is 1. The van der Waals surface area contributed by atoms with Crippen LogP contribution in [0, 0.1) is 0 Å². The average molecular weight is 504 g/mol. The highest BCUT2D eigenvalue weighted by molar-refractivity contribution is 14.1.